The number of nitrogens with two attached hydrogens (primary N) is 1. The van der Waals surface area contributed by atoms with Crippen molar-refractivity contribution < 1.29 is 4.42 Å². The number of aromatic nitrogens is 1. The Bertz CT molecular complexity index is 754. The Balaban J connectivity index is 2.12. The normalized spacial score (nSPS) is 12.8. The molecule has 2 aromatic heterocycles. The van der Waals surface area contributed by atoms with Gasteiger partial charge in [-0.2, -0.15) is 0 Å². The molecule has 0 amide bonds. The number of rotatable bonds is 3. The van der Waals surface area contributed by atoms with Crippen molar-refractivity contribution in [2.45, 2.75) is 13.0 Å². The zero-order valence-corrected chi connectivity index (χ0v) is 12.5. The highest BCUT2D eigenvalue weighted by Gasteiger charge is 2.19. The highest BCUT2D eigenvalue weighted by molar-refractivity contribution is 9.10. The van der Waals surface area contributed by atoms with E-state index in [1.165, 1.54) is 0 Å². The summed E-state index contributed by atoms with van der Waals surface area (Å²) in [6.45, 7) is 2.03. The van der Waals surface area contributed by atoms with E-state index in [2.05, 4.69) is 26.3 Å². The third-order valence-electron chi connectivity index (χ3n) is 3.36. The van der Waals surface area contributed by atoms with Crippen molar-refractivity contribution in [3.8, 4) is 0 Å². The molecule has 0 spiro atoms. The van der Waals surface area contributed by atoms with Gasteiger partial charge in [-0.25, -0.2) is 5.43 Å². The number of hydrogen-bond donors (Lipinski definition) is 2. The molecule has 1 unspecified atom stereocenters. The summed E-state index contributed by atoms with van der Waals surface area (Å²) in [4.78, 5) is 4.16. The highest BCUT2D eigenvalue weighted by Crippen LogP contribution is 2.32. The molecule has 0 aliphatic rings. The van der Waals surface area contributed by atoms with E-state index in [0.717, 1.165) is 32.3 Å². The van der Waals surface area contributed by atoms with Gasteiger partial charge in [0, 0.05) is 17.8 Å². The minimum absolute atomic E-state index is 0.219. The first-order valence-electron chi connectivity index (χ1n) is 6.25. The summed E-state index contributed by atoms with van der Waals surface area (Å²) in [6.07, 6.45) is 3.57. The molecule has 3 N–H and O–H groups in total. The first-order chi connectivity index (χ1) is 9.70. The predicted molar refractivity (Wildman–Crippen MR) is 82.1 cm³/mol. The average Bonchev–Trinajstić information content (AvgIpc) is 2.87. The summed E-state index contributed by atoms with van der Waals surface area (Å²) < 4.78 is 6.87. The van der Waals surface area contributed by atoms with Crippen LogP contribution in [0.15, 0.2) is 51.6 Å². The second-order valence-electron chi connectivity index (χ2n) is 4.64. The third kappa shape index (κ3) is 2.24. The zero-order valence-electron chi connectivity index (χ0n) is 10.9. The van der Waals surface area contributed by atoms with Crippen molar-refractivity contribution in [2.75, 3.05) is 0 Å². The Morgan fingerprint density at radius 3 is 2.90 bits per heavy atom. The molecule has 1 atom stereocenters. The van der Waals surface area contributed by atoms with Gasteiger partial charge in [0.15, 0.2) is 0 Å². The molecule has 20 heavy (non-hydrogen) atoms. The fourth-order valence-electron chi connectivity index (χ4n) is 2.29. The molecule has 3 rings (SSSR count). The SMILES string of the molecule is Cc1ccncc1C(NN)c1cc2cccc(Br)c2o1. The lowest BCUT2D eigenvalue weighted by Gasteiger charge is -2.15. The molecule has 4 nitrogen and oxygen atoms in total. The molecule has 0 aliphatic carbocycles. The topological polar surface area (TPSA) is 64.1 Å². The van der Waals surface area contributed by atoms with Gasteiger partial charge in [0.2, 0.25) is 0 Å². The molecule has 3 aromatic rings. The van der Waals surface area contributed by atoms with Crippen molar-refractivity contribution in [1.29, 1.82) is 0 Å². The number of pyridine rings is 1. The number of benzene rings is 1. The monoisotopic (exact) mass is 331 g/mol. The first kappa shape index (κ1) is 13.3. The van der Waals surface area contributed by atoms with Crippen LogP contribution in [0.3, 0.4) is 0 Å². The molecule has 0 fully saturated rings. The summed E-state index contributed by atoms with van der Waals surface area (Å²) >= 11 is 3.49. The molecule has 2 heterocycles. The molecule has 0 bridgehead atoms. The lowest BCUT2D eigenvalue weighted by atomic mass is 10.0. The zero-order chi connectivity index (χ0) is 14.1. The van der Waals surface area contributed by atoms with Gasteiger partial charge in [-0.1, -0.05) is 12.1 Å². The Labute approximate surface area is 125 Å². The summed E-state index contributed by atoms with van der Waals surface area (Å²) in [5.74, 6) is 6.49. The van der Waals surface area contributed by atoms with Crippen LogP contribution in [0.5, 0.6) is 0 Å². The van der Waals surface area contributed by atoms with Gasteiger partial charge in [0.25, 0.3) is 0 Å². The smallest absolute Gasteiger partial charge is 0.148 e. The van der Waals surface area contributed by atoms with E-state index >= 15 is 0 Å². The summed E-state index contributed by atoms with van der Waals surface area (Å²) in [5, 5.41) is 1.04. The Hall–Kier alpha value is -1.69. The predicted octanol–water partition coefficient (Wildman–Crippen LogP) is 3.45. The second kappa shape index (κ2) is 5.36. The van der Waals surface area contributed by atoms with E-state index in [1.54, 1.807) is 6.20 Å². The van der Waals surface area contributed by atoms with Gasteiger partial charge in [0.05, 0.1) is 4.47 Å². The molecular weight excluding hydrogens is 318 g/mol. The Morgan fingerprint density at radius 1 is 1.35 bits per heavy atom. The Morgan fingerprint density at radius 2 is 2.20 bits per heavy atom. The number of para-hydroxylation sites is 1. The molecule has 0 aliphatic heterocycles. The standard InChI is InChI=1S/C15H14BrN3O/c1-9-5-6-18-8-11(9)14(19-17)13-7-10-3-2-4-12(16)15(10)20-13/h2-8,14,19H,17H2,1H3. The average molecular weight is 332 g/mol. The largest absolute Gasteiger partial charge is 0.458 e. The van der Waals surface area contributed by atoms with Crippen molar-refractivity contribution in [3.63, 3.8) is 0 Å². The van der Waals surface area contributed by atoms with Gasteiger partial charge in [-0.05, 0) is 52.2 Å². The van der Waals surface area contributed by atoms with Gasteiger partial charge in [0.1, 0.15) is 17.4 Å². The maximum absolute atomic E-state index is 5.94. The lowest BCUT2D eigenvalue weighted by molar-refractivity contribution is 0.474. The van der Waals surface area contributed by atoms with Crippen LogP contribution in [0.2, 0.25) is 0 Å². The van der Waals surface area contributed by atoms with Crippen molar-refractivity contribution in [2.24, 2.45) is 5.84 Å². The molecular formula is C15H14BrN3O. The summed E-state index contributed by atoms with van der Waals surface area (Å²) in [5.41, 5.74) is 5.75. The van der Waals surface area contributed by atoms with Gasteiger partial charge < -0.3 is 4.42 Å². The third-order valence-corrected chi connectivity index (χ3v) is 3.98. The van der Waals surface area contributed by atoms with Crippen LogP contribution >= 0.6 is 15.9 Å². The van der Waals surface area contributed by atoms with E-state index in [4.69, 9.17) is 10.3 Å². The Kier molecular flexibility index (Phi) is 3.56. The number of nitrogens with one attached hydrogen (secondary N) is 1. The molecule has 0 radical (unpaired) electrons. The number of aryl methyl sites for hydroxylation is 1. The van der Waals surface area contributed by atoms with Gasteiger partial charge in [-0.15, -0.1) is 0 Å². The molecule has 0 saturated heterocycles. The van der Waals surface area contributed by atoms with Crippen LogP contribution in [-0.2, 0) is 0 Å². The highest BCUT2D eigenvalue weighted by atomic mass is 79.9. The number of hydrazine groups is 1. The number of nitrogens with zero attached hydrogens (tertiary/aromatic N) is 1. The second-order valence-corrected chi connectivity index (χ2v) is 5.49. The fourth-order valence-corrected chi connectivity index (χ4v) is 2.76. The van der Waals surface area contributed by atoms with Crippen LogP contribution in [0.25, 0.3) is 11.0 Å². The van der Waals surface area contributed by atoms with E-state index in [9.17, 15) is 0 Å². The van der Waals surface area contributed by atoms with Gasteiger partial charge >= 0.3 is 0 Å². The van der Waals surface area contributed by atoms with Gasteiger partial charge in [-0.3, -0.25) is 10.8 Å². The molecule has 1 aromatic carbocycles. The fraction of sp³-hybridized carbons (Fsp3) is 0.133. The maximum Gasteiger partial charge on any atom is 0.148 e. The van der Waals surface area contributed by atoms with Crippen LogP contribution < -0.4 is 11.3 Å². The van der Waals surface area contributed by atoms with E-state index < -0.39 is 0 Å². The van der Waals surface area contributed by atoms with E-state index in [-0.39, 0.29) is 6.04 Å². The molecule has 5 heteroatoms. The summed E-state index contributed by atoms with van der Waals surface area (Å²) in [6, 6.07) is 9.68. The van der Waals surface area contributed by atoms with Crippen LogP contribution in [0, 0.1) is 6.92 Å². The number of halogens is 1. The van der Waals surface area contributed by atoms with Crippen molar-refractivity contribution >= 4 is 26.9 Å². The van der Waals surface area contributed by atoms with Crippen molar-refractivity contribution in [3.05, 3.63) is 64.1 Å². The maximum atomic E-state index is 5.94. The lowest BCUT2D eigenvalue weighted by Crippen LogP contribution is -2.29. The van der Waals surface area contributed by atoms with Crippen LogP contribution in [0.4, 0.5) is 0 Å². The van der Waals surface area contributed by atoms with E-state index in [1.807, 2.05) is 43.5 Å². The van der Waals surface area contributed by atoms with E-state index in [0.29, 0.717) is 0 Å². The first-order valence-corrected chi connectivity index (χ1v) is 7.04. The minimum atomic E-state index is -0.219. The number of hydrogen-bond acceptors (Lipinski definition) is 4. The van der Waals surface area contributed by atoms with Crippen LogP contribution in [-0.4, -0.2) is 4.98 Å². The number of fused-ring (bicyclic) bond motifs is 1. The molecule has 0 saturated carbocycles. The molecule has 102 valence electrons. The number of furan rings is 1. The van der Waals surface area contributed by atoms with Crippen LogP contribution in [0.1, 0.15) is 22.9 Å². The summed E-state index contributed by atoms with van der Waals surface area (Å²) in [7, 11) is 0. The minimum Gasteiger partial charge on any atom is -0.458 e. The quantitative estimate of drug-likeness (QED) is 0.570. The van der Waals surface area contributed by atoms with Crippen molar-refractivity contribution in [1.82, 2.24) is 10.4 Å².